The minimum Gasteiger partial charge on any atom is -0.495 e. The molecule has 1 aliphatic rings. The SMILES string of the molecule is CCN1CCN(c2ccc(NC(=O)c3cc(Br)cc(Br)c3OC)cc2Cl)CC1. The van der Waals surface area contributed by atoms with Gasteiger partial charge < -0.3 is 19.9 Å². The van der Waals surface area contributed by atoms with E-state index in [4.69, 9.17) is 16.3 Å². The lowest BCUT2D eigenvalue weighted by atomic mass is 10.1. The molecule has 0 aliphatic carbocycles. The van der Waals surface area contributed by atoms with Gasteiger partial charge in [-0.05, 0) is 52.8 Å². The highest BCUT2D eigenvalue weighted by atomic mass is 79.9. The molecular weight excluding hydrogens is 510 g/mol. The third-order valence-electron chi connectivity index (χ3n) is 4.82. The highest BCUT2D eigenvalue weighted by Crippen LogP contribution is 2.34. The molecule has 0 radical (unpaired) electrons. The van der Waals surface area contributed by atoms with Crippen LogP contribution in [0.4, 0.5) is 11.4 Å². The summed E-state index contributed by atoms with van der Waals surface area (Å²) in [4.78, 5) is 17.5. The summed E-state index contributed by atoms with van der Waals surface area (Å²) in [6, 6.07) is 9.20. The van der Waals surface area contributed by atoms with Gasteiger partial charge in [-0.15, -0.1) is 0 Å². The molecule has 1 amide bonds. The molecule has 8 heteroatoms. The van der Waals surface area contributed by atoms with Crippen molar-refractivity contribution in [1.29, 1.82) is 0 Å². The van der Waals surface area contributed by atoms with Crippen LogP contribution in [-0.2, 0) is 0 Å². The van der Waals surface area contributed by atoms with Crippen molar-refractivity contribution in [2.45, 2.75) is 6.92 Å². The minimum atomic E-state index is -0.265. The number of benzene rings is 2. The van der Waals surface area contributed by atoms with Gasteiger partial charge in [-0.25, -0.2) is 0 Å². The number of hydrogen-bond donors (Lipinski definition) is 1. The van der Waals surface area contributed by atoms with Crippen LogP contribution in [0.25, 0.3) is 0 Å². The van der Waals surface area contributed by atoms with Crippen LogP contribution in [0.5, 0.6) is 5.75 Å². The average Bonchev–Trinajstić information content (AvgIpc) is 2.67. The average molecular weight is 532 g/mol. The maximum Gasteiger partial charge on any atom is 0.259 e. The number of amides is 1. The Hall–Kier alpha value is -1.28. The van der Waals surface area contributed by atoms with Crippen LogP contribution in [0.15, 0.2) is 39.3 Å². The number of halogens is 3. The molecule has 0 aromatic heterocycles. The minimum absolute atomic E-state index is 0.265. The monoisotopic (exact) mass is 529 g/mol. The standard InChI is InChI=1S/C20H22Br2ClN3O2/c1-3-25-6-8-26(9-7-25)18-5-4-14(12-17(18)23)24-20(27)15-10-13(21)11-16(22)19(15)28-2/h4-5,10-12H,3,6-9H2,1-2H3,(H,24,27). The van der Waals surface area contributed by atoms with Crippen molar-refractivity contribution >= 4 is 60.7 Å². The second-order valence-corrected chi connectivity index (χ2v) is 8.69. The lowest BCUT2D eigenvalue weighted by Crippen LogP contribution is -2.46. The molecule has 1 heterocycles. The van der Waals surface area contributed by atoms with E-state index in [2.05, 4.69) is 53.9 Å². The molecule has 3 rings (SSSR count). The van der Waals surface area contributed by atoms with Gasteiger partial charge in [0.1, 0.15) is 5.75 Å². The Morgan fingerprint density at radius 3 is 2.50 bits per heavy atom. The third kappa shape index (κ3) is 4.82. The number of carbonyl (C=O) groups excluding carboxylic acids is 1. The van der Waals surface area contributed by atoms with Crippen molar-refractivity contribution in [3.63, 3.8) is 0 Å². The summed E-state index contributed by atoms with van der Waals surface area (Å²) in [5, 5.41) is 3.53. The van der Waals surface area contributed by atoms with E-state index < -0.39 is 0 Å². The van der Waals surface area contributed by atoms with E-state index in [1.54, 1.807) is 12.1 Å². The quantitative estimate of drug-likeness (QED) is 0.571. The first-order valence-corrected chi connectivity index (χ1v) is 11.0. The topological polar surface area (TPSA) is 44.8 Å². The molecule has 1 saturated heterocycles. The number of nitrogens with zero attached hydrogens (tertiary/aromatic N) is 2. The van der Waals surface area contributed by atoms with Gasteiger partial charge in [-0.2, -0.15) is 0 Å². The molecule has 0 spiro atoms. The first-order chi connectivity index (χ1) is 13.4. The van der Waals surface area contributed by atoms with Gasteiger partial charge in [0.05, 0.1) is 27.9 Å². The van der Waals surface area contributed by atoms with Crippen molar-refractivity contribution < 1.29 is 9.53 Å². The van der Waals surface area contributed by atoms with Crippen LogP contribution in [0.1, 0.15) is 17.3 Å². The largest absolute Gasteiger partial charge is 0.495 e. The summed E-state index contributed by atoms with van der Waals surface area (Å²) < 4.78 is 6.85. The molecule has 2 aromatic rings. The van der Waals surface area contributed by atoms with Gasteiger partial charge in [0.25, 0.3) is 5.91 Å². The number of anilines is 2. The smallest absolute Gasteiger partial charge is 0.259 e. The number of carbonyl (C=O) groups is 1. The summed E-state index contributed by atoms with van der Waals surface area (Å²) in [7, 11) is 1.54. The second kappa shape index (κ2) is 9.48. The highest BCUT2D eigenvalue weighted by molar-refractivity contribution is 9.11. The number of nitrogens with one attached hydrogen (secondary N) is 1. The molecule has 150 valence electrons. The Labute approximate surface area is 187 Å². The fraction of sp³-hybridized carbons (Fsp3) is 0.350. The summed E-state index contributed by atoms with van der Waals surface area (Å²) in [5.41, 5.74) is 2.07. The van der Waals surface area contributed by atoms with E-state index in [-0.39, 0.29) is 5.91 Å². The molecule has 2 aromatic carbocycles. The lowest BCUT2D eigenvalue weighted by Gasteiger charge is -2.36. The van der Waals surface area contributed by atoms with Crippen LogP contribution >= 0.6 is 43.5 Å². The Balaban J connectivity index is 1.76. The molecule has 5 nitrogen and oxygen atoms in total. The highest BCUT2D eigenvalue weighted by Gasteiger charge is 2.20. The maximum atomic E-state index is 12.8. The van der Waals surface area contributed by atoms with Crippen molar-refractivity contribution in [2.24, 2.45) is 0 Å². The van der Waals surface area contributed by atoms with Gasteiger partial charge in [0.2, 0.25) is 0 Å². The first-order valence-electron chi connectivity index (χ1n) is 9.04. The molecular formula is C20H22Br2ClN3O2. The third-order valence-corrected chi connectivity index (χ3v) is 6.17. The van der Waals surface area contributed by atoms with E-state index in [1.165, 1.54) is 7.11 Å². The molecule has 0 unspecified atom stereocenters. The summed E-state index contributed by atoms with van der Waals surface area (Å²) in [6.07, 6.45) is 0. The van der Waals surface area contributed by atoms with Crippen molar-refractivity contribution in [1.82, 2.24) is 4.90 Å². The van der Waals surface area contributed by atoms with Crippen molar-refractivity contribution in [3.8, 4) is 5.75 Å². The molecule has 0 atom stereocenters. The fourth-order valence-electron chi connectivity index (χ4n) is 3.28. The summed E-state index contributed by atoms with van der Waals surface area (Å²) in [5.74, 6) is 0.219. The van der Waals surface area contributed by atoms with Gasteiger partial charge in [0.15, 0.2) is 0 Å². The number of piperazine rings is 1. The summed E-state index contributed by atoms with van der Waals surface area (Å²) in [6.45, 7) is 7.21. The molecule has 1 aliphatic heterocycles. The van der Waals surface area contributed by atoms with Gasteiger partial charge in [-0.1, -0.05) is 34.5 Å². The van der Waals surface area contributed by atoms with Gasteiger partial charge >= 0.3 is 0 Å². The van der Waals surface area contributed by atoms with E-state index in [9.17, 15) is 4.79 Å². The van der Waals surface area contributed by atoms with Gasteiger partial charge in [0, 0.05) is 36.3 Å². The number of rotatable bonds is 5. The Morgan fingerprint density at radius 1 is 1.18 bits per heavy atom. The van der Waals surface area contributed by atoms with Crippen molar-refractivity contribution in [3.05, 3.63) is 49.9 Å². The van der Waals surface area contributed by atoms with Crippen LogP contribution in [-0.4, -0.2) is 50.6 Å². The van der Waals surface area contributed by atoms with Crippen LogP contribution in [0.2, 0.25) is 5.02 Å². The zero-order chi connectivity index (χ0) is 20.3. The zero-order valence-electron chi connectivity index (χ0n) is 15.8. The Bertz CT molecular complexity index is 871. The van der Waals surface area contributed by atoms with E-state index in [1.807, 2.05) is 18.2 Å². The number of methoxy groups -OCH3 is 1. The zero-order valence-corrected chi connectivity index (χ0v) is 19.7. The van der Waals surface area contributed by atoms with E-state index in [0.717, 1.165) is 42.9 Å². The molecule has 28 heavy (non-hydrogen) atoms. The maximum absolute atomic E-state index is 12.8. The van der Waals surface area contributed by atoms with Crippen LogP contribution in [0, 0.1) is 0 Å². The Kier molecular flexibility index (Phi) is 7.25. The fourth-order valence-corrected chi connectivity index (χ4v) is 4.97. The number of hydrogen-bond acceptors (Lipinski definition) is 4. The Morgan fingerprint density at radius 2 is 1.89 bits per heavy atom. The summed E-state index contributed by atoms with van der Waals surface area (Å²) >= 11 is 13.4. The molecule has 1 fully saturated rings. The predicted octanol–water partition coefficient (Wildman–Crippen LogP) is 5.27. The molecule has 1 N–H and O–H groups in total. The second-order valence-electron chi connectivity index (χ2n) is 6.51. The predicted molar refractivity (Wildman–Crippen MR) is 122 cm³/mol. The number of ether oxygens (including phenoxy) is 1. The lowest BCUT2D eigenvalue weighted by molar-refractivity contribution is 0.102. The normalized spacial score (nSPS) is 14.8. The van der Waals surface area contributed by atoms with E-state index >= 15 is 0 Å². The molecule has 0 bridgehead atoms. The van der Waals surface area contributed by atoms with Gasteiger partial charge in [-0.3, -0.25) is 4.79 Å². The van der Waals surface area contributed by atoms with Crippen molar-refractivity contribution in [2.75, 3.05) is 50.1 Å². The first kappa shape index (κ1) is 21.4. The van der Waals surface area contributed by atoms with E-state index in [0.29, 0.717) is 26.5 Å². The number of likely N-dealkylation sites (N-methyl/N-ethyl adjacent to an activating group) is 1. The van der Waals surface area contributed by atoms with Crippen LogP contribution < -0.4 is 15.0 Å². The molecule has 0 saturated carbocycles. The van der Waals surface area contributed by atoms with Crippen LogP contribution in [0.3, 0.4) is 0 Å².